The number of nitrogens with two attached hydrogens (primary N) is 1. The molecule has 2 rings (SSSR count). The molecule has 1 heterocycles. The van der Waals surface area contributed by atoms with Crippen LogP contribution < -0.4 is 5.73 Å². The zero-order valence-electron chi connectivity index (χ0n) is 9.71. The van der Waals surface area contributed by atoms with Crippen molar-refractivity contribution in [2.45, 2.75) is 57.9 Å². The Kier molecular flexibility index (Phi) is 3.10. The molecule has 15 heavy (non-hydrogen) atoms. The maximum absolute atomic E-state index is 5.95. The van der Waals surface area contributed by atoms with Crippen LogP contribution in [0.3, 0.4) is 0 Å². The Labute approximate surface area is 91.5 Å². The second-order valence-corrected chi connectivity index (χ2v) is 4.74. The lowest BCUT2D eigenvalue weighted by molar-refractivity contribution is 0.565. The first-order chi connectivity index (χ1) is 7.20. The van der Waals surface area contributed by atoms with Crippen LogP contribution in [0.15, 0.2) is 0 Å². The summed E-state index contributed by atoms with van der Waals surface area (Å²) in [5, 5.41) is 0. The third-order valence-electron chi connectivity index (χ3n) is 3.29. The summed E-state index contributed by atoms with van der Waals surface area (Å²) in [4.78, 5) is 8.15. The van der Waals surface area contributed by atoms with Crippen LogP contribution in [0.5, 0.6) is 0 Å². The minimum absolute atomic E-state index is 0.326. The molecule has 0 aliphatic heterocycles. The fourth-order valence-corrected chi connectivity index (χ4v) is 2.33. The Hall–Kier alpha value is -0.830. The Balaban J connectivity index is 2.15. The molecular formula is C12H21N3. The second-order valence-electron chi connectivity index (χ2n) is 4.74. The third-order valence-corrected chi connectivity index (χ3v) is 3.29. The van der Waals surface area contributed by atoms with E-state index in [0.717, 1.165) is 25.1 Å². The number of H-pyrrole nitrogens is 1. The molecule has 0 fully saturated rings. The number of hydrogen-bond acceptors (Lipinski definition) is 2. The third kappa shape index (κ3) is 2.23. The highest BCUT2D eigenvalue weighted by Crippen LogP contribution is 2.23. The maximum atomic E-state index is 5.95. The monoisotopic (exact) mass is 207 g/mol. The first kappa shape index (κ1) is 10.7. The SMILES string of the molecule is CCCC(C)c1nc2c([nH]1)CC(N)CC2. The van der Waals surface area contributed by atoms with Crippen molar-refractivity contribution >= 4 is 0 Å². The second kappa shape index (κ2) is 4.35. The summed E-state index contributed by atoms with van der Waals surface area (Å²) >= 11 is 0. The molecule has 0 amide bonds. The maximum Gasteiger partial charge on any atom is 0.109 e. The summed E-state index contributed by atoms with van der Waals surface area (Å²) in [6.07, 6.45) is 5.52. The van der Waals surface area contributed by atoms with E-state index in [1.54, 1.807) is 0 Å². The lowest BCUT2D eigenvalue weighted by atomic mass is 9.97. The number of aromatic amines is 1. The molecule has 1 aromatic heterocycles. The van der Waals surface area contributed by atoms with Gasteiger partial charge in [0, 0.05) is 24.1 Å². The van der Waals surface area contributed by atoms with E-state index in [4.69, 9.17) is 10.7 Å². The van der Waals surface area contributed by atoms with Gasteiger partial charge in [-0.25, -0.2) is 4.98 Å². The number of imidazole rings is 1. The highest BCUT2D eigenvalue weighted by molar-refractivity contribution is 5.20. The Morgan fingerprint density at radius 3 is 3.13 bits per heavy atom. The quantitative estimate of drug-likeness (QED) is 0.797. The van der Waals surface area contributed by atoms with Crippen molar-refractivity contribution in [1.82, 2.24) is 9.97 Å². The molecule has 2 atom stereocenters. The van der Waals surface area contributed by atoms with E-state index in [-0.39, 0.29) is 0 Å². The van der Waals surface area contributed by atoms with Gasteiger partial charge in [-0.05, 0) is 19.3 Å². The molecule has 0 spiro atoms. The van der Waals surface area contributed by atoms with Crippen LogP contribution in [-0.2, 0) is 12.8 Å². The summed E-state index contributed by atoms with van der Waals surface area (Å²) < 4.78 is 0. The van der Waals surface area contributed by atoms with E-state index < -0.39 is 0 Å². The summed E-state index contributed by atoms with van der Waals surface area (Å²) in [5.74, 6) is 1.72. The highest BCUT2D eigenvalue weighted by Gasteiger charge is 2.20. The van der Waals surface area contributed by atoms with Gasteiger partial charge in [-0.1, -0.05) is 20.3 Å². The van der Waals surface area contributed by atoms with Crippen molar-refractivity contribution in [3.63, 3.8) is 0 Å². The number of hydrogen-bond donors (Lipinski definition) is 2. The van der Waals surface area contributed by atoms with Crippen LogP contribution >= 0.6 is 0 Å². The molecule has 1 aliphatic rings. The largest absolute Gasteiger partial charge is 0.345 e. The Morgan fingerprint density at radius 1 is 1.60 bits per heavy atom. The molecule has 3 N–H and O–H groups in total. The first-order valence-corrected chi connectivity index (χ1v) is 6.04. The van der Waals surface area contributed by atoms with Gasteiger partial charge in [-0.3, -0.25) is 0 Å². The topological polar surface area (TPSA) is 54.7 Å². The predicted octanol–water partition coefficient (Wildman–Crippen LogP) is 2.13. The number of aryl methyl sites for hydroxylation is 1. The van der Waals surface area contributed by atoms with E-state index in [9.17, 15) is 0 Å². The Morgan fingerprint density at radius 2 is 2.40 bits per heavy atom. The number of rotatable bonds is 3. The lowest BCUT2D eigenvalue weighted by Crippen LogP contribution is -2.27. The molecule has 0 saturated heterocycles. The number of nitrogens with zero attached hydrogens (tertiary/aromatic N) is 1. The van der Waals surface area contributed by atoms with Crippen molar-refractivity contribution in [3.8, 4) is 0 Å². The zero-order chi connectivity index (χ0) is 10.8. The van der Waals surface area contributed by atoms with E-state index in [1.807, 2.05) is 0 Å². The molecular weight excluding hydrogens is 186 g/mol. The van der Waals surface area contributed by atoms with Gasteiger partial charge in [0.25, 0.3) is 0 Å². The van der Waals surface area contributed by atoms with E-state index in [1.165, 1.54) is 24.2 Å². The Bertz CT molecular complexity index is 330. The van der Waals surface area contributed by atoms with Gasteiger partial charge in [0.2, 0.25) is 0 Å². The standard InChI is InChI=1S/C12H21N3/c1-3-4-8(2)12-14-10-6-5-9(13)7-11(10)15-12/h8-9H,3-7,13H2,1-2H3,(H,14,15). The average molecular weight is 207 g/mol. The molecule has 3 heteroatoms. The van der Waals surface area contributed by atoms with Crippen LogP contribution in [0.1, 0.15) is 56.2 Å². The smallest absolute Gasteiger partial charge is 0.109 e. The fourth-order valence-electron chi connectivity index (χ4n) is 2.33. The first-order valence-electron chi connectivity index (χ1n) is 6.04. The van der Waals surface area contributed by atoms with Crippen LogP contribution in [0.25, 0.3) is 0 Å². The predicted molar refractivity (Wildman–Crippen MR) is 61.9 cm³/mol. The molecule has 1 aromatic rings. The summed E-state index contributed by atoms with van der Waals surface area (Å²) in [5.41, 5.74) is 8.49. The zero-order valence-corrected chi connectivity index (χ0v) is 9.71. The van der Waals surface area contributed by atoms with Gasteiger partial charge >= 0.3 is 0 Å². The van der Waals surface area contributed by atoms with Crippen molar-refractivity contribution in [2.24, 2.45) is 5.73 Å². The summed E-state index contributed by atoms with van der Waals surface area (Å²) in [7, 11) is 0. The molecule has 0 bridgehead atoms. The van der Waals surface area contributed by atoms with Crippen LogP contribution in [0.2, 0.25) is 0 Å². The molecule has 0 radical (unpaired) electrons. The number of aromatic nitrogens is 2. The number of nitrogens with one attached hydrogen (secondary N) is 1. The van der Waals surface area contributed by atoms with Crippen LogP contribution in [0.4, 0.5) is 0 Å². The lowest BCUT2D eigenvalue weighted by Gasteiger charge is -2.16. The van der Waals surface area contributed by atoms with E-state index >= 15 is 0 Å². The number of fused-ring (bicyclic) bond motifs is 1. The highest BCUT2D eigenvalue weighted by atomic mass is 15.0. The normalized spacial score (nSPS) is 22.5. The molecule has 0 aromatic carbocycles. The van der Waals surface area contributed by atoms with Gasteiger partial charge in [0.05, 0.1) is 5.69 Å². The van der Waals surface area contributed by atoms with Gasteiger partial charge in [-0.2, -0.15) is 0 Å². The summed E-state index contributed by atoms with van der Waals surface area (Å²) in [6.45, 7) is 4.46. The van der Waals surface area contributed by atoms with Crippen molar-refractivity contribution in [2.75, 3.05) is 0 Å². The van der Waals surface area contributed by atoms with E-state index in [0.29, 0.717) is 12.0 Å². The molecule has 3 nitrogen and oxygen atoms in total. The van der Waals surface area contributed by atoms with Crippen molar-refractivity contribution < 1.29 is 0 Å². The van der Waals surface area contributed by atoms with E-state index in [2.05, 4.69) is 18.8 Å². The average Bonchev–Trinajstić information content (AvgIpc) is 2.60. The minimum atomic E-state index is 0.326. The van der Waals surface area contributed by atoms with Gasteiger partial charge in [-0.15, -0.1) is 0 Å². The van der Waals surface area contributed by atoms with Crippen molar-refractivity contribution in [3.05, 3.63) is 17.2 Å². The van der Waals surface area contributed by atoms with Gasteiger partial charge < -0.3 is 10.7 Å². The van der Waals surface area contributed by atoms with Gasteiger partial charge in [0.15, 0.2) is 0 Å². The van der Waals surface area contributed by atoms with Crippen LogP contribution in [-0.4, -0.2) is 16.0 Å². The minimum Gasteiger partial charge on any atom is -0.345 e. The van der Waals surface area contributed by atoms with Gasteiger partial charge in [0.1, 0.15) is 5.82 Å². The fraction of sp³-hybridized carbons (Fsp3) is 0.750. The molecule has 1 aliphatic carbocycles. The summed E-state index contributed by atoms with van der Waals surface area (Å²) in [6, 6.07) is 0.326. The molecule has 84 valence electrons. The molecule has 0 saturated carbocycles. The van der Waals surface area contributed by atoms with Crippen molar-refractivity contribution in [1.29, 1.82) is 0 Å². The molecule has 2 unspecified atom stereocenters. The van der Waals surface area contributed by atoms with Crippen LogP contribution in [0, 0.1) is 0 Å².